The molecule has 148 valence electrons. The fourth-order valence-electron chi connectivity index (χ4n) is 2.76. The lowest BCUT2D eigenvalue weighted by atomic mass is 10.2. The number of nitrogens with zero attached hydrogens (tertiary/aromatic N) is 4. The smallest absolute Gasteiger partial charge is 0.240 e. The van der Waals surface area contributed by atoms with E-state index in [1.807, 2.05) is 19.1 Å². The highest BCUT2D eigenvalue weighted by atomic mass is 32.2. The molecular weight excluding hydrogens is 380 g/mol. The van der Waals surface area contributed by atoms with E-state index in [1.54, 1.807) is 0 Å². The zero-order valence-electron chi connectivity index (χ0n) is 15.6. The number of sulfonamides is 1. The number of anilines is 2. The third-order valence-corrected chi connectivity index (χ3v) is 5.65. The first kappa shape index (κ1) is 20.0. The van der Waals surface area contributed by atoms with Gasteiger partial charge in [-0.1, -0.05) is 0 Å². The van der Waals surface area contributed by atoms with Gasteiger partial charge in [-0.3, -0.25) is 0 Å². The van der Waals surface area contributed by atoms with E-state index in [1.165, 1.54) is 24.3 Å². The second-order valence-corrected chi connectivity index (χ2v) is 7.99. The Balaban J connectivity index is 1.55. The summed E-state index contributed by atoms with van der Waals surface area (Å²) < 4.78 is 32.5. The molecule has 0 bridgehead atoms. The summed E-state index contributed by atoms with van der Waals surface area (Å²) in [5.41, 5.74) is 0.413. The summed E-state index contributed by atoms with van der Waals surface area (Å²) in [7, 11) is -3.63. The van der Waals surface area contributed by atoms with Gasteiger partial charge < -0.3 is 15.0 Å². The molecular formula is C18H22N6O3S. The normalized spacial score (nSPS) is 14.5. The van der Waals surface area contributed by atoms with E-state index in [-0.39, 0.29) is 11.4 Å². The van der Waals surface area contributed by atoms with Crippen LogP contribution >= 0.6 is 0 Å². The van der Waals surface area contributed by atoms with Crippen LogP contribution in [0.25, 0.3) is 0 Å². The predicted molar refractivity (Wildman–Crippen MR) is 105 cm³/mol. The number of hydrogen-bond donors (Lipinski definition) is 2. The molecule has 2 aromatic rings. The molecule has 0 radical (unpaired) electrons. The molecule has 1 fully saturated rings. The summed E-state index contributed by atoms with van der Waals surface area (Å²) in [5, 5.41) is 11.9. The molecule has 2 heterocycles. The summed E-state index contributed by atoms with van der Waals surface area (Å²) in [5.74, 6) is 2.12. The maximum atomic E-state index is 12.3. The quantitative estimate of drug-likeness (QED) is 0.655. The number of ether oxygens (including phenoxy) is 1. The molecule has 1 saturated heterocycles. The van der Waals surface area contributed by atoms with Crippen molar-refractivity contribution < 1.29 is 13.2 Å². The molecule has 0 aliphatic carbocycles. The van der Waals surface area contributed by atoms with Crippen molar-refractivity contribution in [3.8, 4) is 6.07 Å². The monoisotopic (exact) mass is 402 g/mol. The van der Waals surface area contributed by atoms with Crippen molar-refractivity contribution in [2.45, 2.75) is 11.8 Å². The minimum atomic E-state index is -3.63. The molecule has 0 unspecified atom stereocenters. The van der Waals surface area contributed by atoms with Crippen LogP contribution in [0.2, 0.25) is 0 Å². The van der Waals surface area contributed by atoms with Gasteiger partial charge in [0, 0.05) is 32.2 Å². The molecule has 0 saturated carbocycles. The molecule has 1 aromatic heterocycles. The van der Waals surface area contributed by atoms with Crippen molar-refractivity contribution in [2.24, 2.45) is 0 Å². The van der Waals surface area contributed by atoms with Crippen LogP contribution in [0.1, 0.15) is 11.4 Å². The standard InChI is InChI=1S/C18H22N6O3S/c1-14-22-17(12-18(23-14)24-8-10-27-11-9-24)20-6-7-21-28(25,26)16-4-2-15(13-19)3-5-16/h2-5,12,21H,6-11H2,1H3,(H,20,22,23). The summed E-state index contributed by atoms with van der Waals surface area (Å²) in [6.07, 6.45) is 0. The Kier molecular flexibility index (Phi) is 6.41. The molecule has 0 atom stereocenters. The first-order chi connectivity index (χ1) is 13.5. The van der Waals surface area contributed by atoms with Crippen LogP contribution in [0.5, 0.6) is 0 Å². The van der Waals surface area contributed by atoms with Crippen LogP contribution in [-0.2, 0) is 14.8 Å². The number of hydrogen-bond acceptors (Lipinski definition) is 8. The van der Waals surface area contributed by atoms with Gasteiger partial charge in [-0.25, -0.2) is 23.1 Å². The Bertz CT molecular complexity index is 950. The first-order valence-corrected chi connectivity index (χ1v) is 10.4. The Hall–Kier alpha value is -2.74. The van der Waals surface area contributed by atoms with Crippen molar-refractivity contribution >= 4 is 21.7 Å². The highest BCUT2D eigenvalue weighted by Gasteiger charge is 2.15. The summed E-state index contributed by atoms with van der Waals surface area (Å²) >= 11 is 0. The van der Waals surface area contributed by atoms with E-state index < -0.39 is 10.0 Å². The van der Waals surface area contributed by atoms with Gasteiger partial charge in [-0.05, 0) is 31.2 Å². The number of aromatic nitrogens is 2. The van der Waals surface area contributed by atoms with Gasteiger partial charge in [0.05, 0.1) is 29.7 Å². The Labute approximate surface area is 164 Å². The molecule has 2 N–H and O–H groups in total. The summed E-state index contributed by atoms with van der Waals surface area (Å²) in [4.78, 5) is 11.1. The van der Waals surface area contributed by atoms with Crippen LogP contribution < -0.4 is 14.9 Å². The average molecular weight is 402 g/mol. The van der Waals surface area contributed by atoms with E-state index in [9.17, 15) is 8.42 Å². The molecule has 1 aliphatic heterocycles. The number of nitrogens with one attached hydrogen (secondary N) is 2. The third kappa shape index (κ3) is 5.16. The highest BCUT2D eigenvalue weighted by molar-refractivity contribution is 7.89. The van der Waals surface area contributed by atoms with E-state index in [2.05, 4.69) is 24.9 Å². The zero-order valence-corrected chi connectivity index (χ0v) is 16.4. The summed E-state index contributed by atoms with van der Waals surface area (Å²) in [6.45, 7) is 5.28. The molecule has 1 aromatic carbocycles. The van der Waals surface area contributed by atoms with Crippen molar-refractivity contribution in [3.05, 3.63) is 41.7 Å². The highest BCUT2D eigenvalue weighted by Crippen LogP contribution is 2.17. The lowest BCUT2D eigenvalue weighted by Gasteiger charge is -2.28. The lowest BCUT2D eigenvalue weighted by Crippen LogP contribution is -2.37. The minimum absolute atomic E-state index is 0.124. The molecule has 3 rings (SSSR count). The van der Waals surface area contributed by atoms with E-state index in [4.69, 9.17) is 10.00 Å². The van der Waals surface area contributed by atoms with Gasteiger partial charge >= 0.3 is 0 Å². The molecule has 1 aliphatic rings. The second-order valence-electron chi connectivity index (χ2n) is 6.22. The third-order valence-electron chi connectivity index (χ3n) is 4.18. The molecule has 0 amide bonds. The van der Waals surface area contributed by atoms with Gasteiger partial charge in [-0.2, -0.15) is 5.26 Å². The average Bonchev–Trinajstić information content (AvgIpc) is 2.71. The summed E-state index contributed by atoms with van der Waals surface area (Å²) in [6, 6.07) is 9.59. The van der Waals surface area contributed by atoms with Crippen LogP contribution in [0, 0.1) is 18.3 Å². The fraction of sp³-hybridized carbons (Fsp3) is 0.389. The maximum absolute atomic E-state index is 12.3. The lowest BCUT2D eigenvalue weighted by molar-refractivity contribution is 0.122. The molecule has 0 spiro atoms. The number of benzene rings is 1. The largest absolute Gasteiger partial charge is 0.378 e. The number of aryl methyl sites for hydroxylation is 1. The van der Waals surface area contributed by atoms with Gasteiger partial charge in [0.1, 0.15) is 17.5 Å². The SMILES string of the molecule is Cc1nc(NCCNS(=O)(=O)c2ccc(C#N)cc2)cc(N2CCOCC2)n1. The van der Waals surface area contributed by atoms with E-state index in [0.29, 0.717) is 37.0 Å². The van der Waals surface area contributed by atoms with E-state index >= 15 is 0 Å². The first-order valence-electron chi connectivity index (χ1n) is 8.90. The Morgan fingerprint density at radius 3 is 2.57 bits per heavy atom. The predicted octanol–water partition coefficient (Wildman–Crippen LogP) is 0.884. The van der Waals surface area contributed by atoms with Crippen molar-refractivity contribution in [3.63, 3.8) is 0 Å². The van der Waals surface area contributed by atoms with Gasteiger partial charge in [0.25, 0.3) is 0 Å². The molecule has 28 heavy (non-hydrogen) atoms. The van der Waals surface area contributed by atoms with Crippen molar-refractivity contribution in [1.29, 1.82) is 5.26 Å². The van der Waals surface area contributed by atoms with E-state index in [0.717, 1.165) is 18.9 Å². The molecule has 10 heteroatoms. The molecule has 9 nitrogen and oxygen atoms in total. The van der Waals surface area contributed by atoms with Crippen LogP contribution in [0.15, 0.2) is 35.2 Å². The van der Waals surface area contributed by atoms with Gasteiger partial charge in [0.15, 0.2) is 0 Å². The number of nitriles is 1. The second kappa shape index (κ2) is 8.97. The van der Waals surface area contributed by atoms with Crippen LogP contribution in [-0.4, -0.2) is 57.8 Å². The maximum Gasteiger partial charge on any atom is 0.240 e. The van der Waals surface area contributed by atoms with Crippen LogP contribution in [0.4, 0.5) is 11.6 Å². The van der Waals surface area contributed by atoms with Crippen molar-refractivity contribution in [1.82, 2.24) is 14.7 Å². The fourth-order valence-corrected chi connectivity index (χ4v) is 3.80. The minimum Gasteiger partial charge on any atom is -0.378 e. The van der Waals surface area contributed by atoms with Gasteiger partial charge in [0.2, 0.25) is 10.0 Å². The number of rotatable bonds is 7. The van der Waals surface area contributed by atoms with Gasteiger partial charge in [-0.15, -0.1) is 0 Å². The topological polar surface area (TPSA) is 120 Å². The Morgan fingerprint density at radius 1 is 1.18 bits per heavy atom. The Morgan fingerprint density at radius 2 is 1.89 bits per heavy atom. The number of morpholine rings is 1. The van der Waals surface area contributed by atoms with Crippen LogP contribution in [0.3, 0.4) is 0 Å². The van der Waals surface area contributed by atoms with Crippen molar-refractivity contribution in [2.75, 3.05) is 49.6 Å². The zero-order chi connectivity index (χ0) is 20.0.